The van der Waals surface area contributed by atoms with Crippen molar-refractivity contribution in [3.05, 3.63) is 42.1 Å². The van der Waals surface area contributed by atoms with Crippen LogP contribution < -0.4 is 5.32 Å². The second kappa shape index (κ2) is 6.44. The molecule has 0 atom stereocenters. The van der Waals surface area contributed by atoms with Gasteiger partial charge < -0.3 is 14.6 Å². The van der Waals surface area contributed by atoms with Crippen molar-refractivity contribution in [1.82, 2.24) is 20.1 Å². The van der Waals surface area contributed by atoms with Crippen LogP contribution in [-0.4, -0.2) is 33.8 Å². The Morgan fingerprint density at radius 1 is 1.32 bits per heavy atom. The van der Waals surface area contributed by atoms with Crippen LogP contribution in [0.25, 0.3) is 10.9 Å². The van der Waals surface area contributed by atoms with Gasteiger partial charge in [-0.2, -0.15) is 4.98 Å². The van der Waals surface area contributed by atoms with Crippen LogP contribution in [0.4, 0.5) is 10.2 Å². The van der Waals surface area contributed by atoms with Gasteiger partial charge >= 0.3 is 0 Å². The van der Waals surface area contributed by atoms with Gasteiger partial charge in [-0.1, -0.05) is 5.16 Å². The van der Waals surface area contributed by atoms with Crippen molar-refractivity contribution in [3.63, 3.8) is 0 Å². The standard InChI is InChI=1S/C14H14FN5O2/c1-21-7-12-19-13(22-20-12)4-5-16-14-10-3-2-9(15)6-11(10)17-8-18-14/h2-3,6,8H,4-5,7H2,1H3,(H,16,17,18). The topological polar surface area (TPSA) is 86.0 Å². The van der Waals surface area contributed by atoms with Crippen LogP contribution in [0.1, 0.15) is 11.7 Å². The molecule has 1 N–H and O–H groups in total. The first-order chi connectivity index (χ1) is 10.8. The summed E-state index contributed by atoms with van der Waals surface area (Å²) in [5.74, 6) is 1.35. The summed E-state index contributed by atoms with van der Waals surface area (Å²) in [6.45, 7) is 0.872. The lowest BCUT2D eigenvalue weighted by Gasteiger charge is -2.06. The molecule has 0 aliphatic carbocycles. The number of nitrogens with zero attached hydrogens (tertiary/aromatic N) is 4. The second-order valence-corrected chi connectivity index (χ2v) is 4.60. The first-order valence-corrected chi connectivity index (χ1v) is 6.71. The molecule has 0 amide bonds. The smallest absolute Gasteiger partial charge is 0.228 e. The van der Waals surface area contributed by atoms with E-state index in [0.717, 1.165) is 5.39 Å². The van der Waals surface area contributed by atoms with E-state index in [9.17, 15) is 4.39 Å². The fourth-order valence-electron chi connectivity index (χ4n) is 2.04. The minimum Gasteiger partial charge on any atom is -0.377 e. The van der Waals surface area contributed by atoms with E-state index in [1.165, 1.54) is 18.5 Å². The molecule has 0 aliphatic heterocycles. The van der Waals surface area contributed by atoms with E-state index in [-0.39, 0.29) is 5.82 Å². The molecule has 22 heavy (non-hydrogen) atoms. The normalized spacial score (nSPS) is 11.0. The van der Waals surface area contributed by atoms with E-state index in [2.05, 4.69) is 25.4 Å². The molecule has 0 radical (unpaired) electrons. The molecule has 0 spiro atoms. The molecule has 0 fully saturated rings. The third-order valence-electron chi connectivity index (χ3n) is 3.01. The number of aromatic nitrogens is 4. The molecule has 0 bridgehead atoms. The summed E-state index contributed by atoms with van der Waals surface area (Å²) in [4.78, 5) is 12.4. The zero-order valence-corrected chi connectivity index (χ0v) is 11.9. The molecule has 0 aliphatic rings. The van der Waals surface area contributed by atoms with Crippen molar-refractivity contribution in [3.8, 4) is 0 Å². The van der Waals surface area contributed by atoms with Gasteiger partial charge in [0.2, 0.25) is 5.89 Å². The maximum absolute atomic E-state index is 13.2. The van der Waals surface area contributed by atoms with Crippen molar-refractivity contribution in [2.45, 2.75) is 13.0 Å². The largest absolute Gasteiger partial charge is 0.377 e. The molecule has 1 aromatic carbocycles. The average molecular weight is 303 g/mol. The summed E-state index contributed by atoms with van der Waals surface area (Å²) in [5.41, 5.74) is 0.553. The fourth-order valence-corrected chi connectivity index (χ4v) is 2.04. The predicted molar refractivity (Wildman–Crippen MR) is 76.7 cm³/mol. The molecule has 2 aromatic heterocycles. The summed E-state index contributed by atoms with van der Waals surface area (Å²) in [5, 5.41) is 7.71. The van der Waals surface area contributed by atoms with Crippen molar-refractivity contribution >= 4 is 16.7 Å². The Bertz CT molecular complexity index is 777. The lowest BCUT2D eigenvalue weighted by atomic mass is 10.2. The maximum atomic E-state index is 13.2. The van der Waals surface area contributed by atoms with Crippen molar-refractivity contribution in [2.24, 2.45) is 0 Å². The Morgan fingerprint density at radius 3 is 3.09 bits per heavy atom. The third kappa shape index (κ3) is 3.17. The van der Waals surface area contributed by atoms with Crippen molar-refractivity contribution in [1.29, 1.82) is 0 Å². The second-order valence-electron chi connectivity index (χ2n) is 4.60. The summed E-state index contributed by atoms with van der Waals surface area (Å²) < 4.78 is 23.2. The number of fused-ring (bicyclic) bond motifs is 1. The third-order valence-corrected chi connectivity index (χ3v) is 3.01. The molecule has 7 nitrogen and oxygen atoms in total. The van der Waals surface area contributed by atoms with E-state index >= 15 is 0 Å². The lowest BCUT2D eigenvalue weighted by molar-refractivity contribution is 0.174. The Labute approximate surface area is 125 Å². The van der Waals surface area contributed by atoms with Gasteiger partial charge in [0, 0.05) is 31.5 Å². The molecule has 0 saturated carbocycles. The molecule has 0 saturated heterocycles. The highest BCUT2D eigenvalue weighted by molar-refractivity contribution is 5.88. The minimum absolute atomic E-state index is 0.318. The highest BCUT2D eigenvalue weighted by atomic mass is 19.1. The van der Waals surface area contributed by atoms with Gasteiger partial charge in [-0.05, 0) is 12.1 Å². The van der Waals surface area contributed by atoms with Crippen LogP contribution in [0.3, 0.4) is 0 Å². The van der Waals surface area contributed by atoms with Crippen LogP contribution in [0, 0.1) is 5.82 Å². The molecule has 2 heterocycles. The SMILES string of the molecule is COCc1noc(CCNc2ncnc3cc(F)ccc23)n1. The number of nitrogens with one attached hydrogen (secondary N) is 1. The van der Waals surface area contributed by atoms with E-state index < -0.39 is 0 Å². The minimum atomic E-state index is -0.325. The highest BCUT2D eigenvalue weighted by Crippen LogP contribution is 2.19. The van der Waals surface area contributed by atoms with Crippen molar-refractivity contribution < 1.29 is 13.7 Å². The summed E-state index contributed by atoms with van der Waals surface area (Å²) >= 11 is 0. The lowest BCUT2D eigenvalue weighted by Crippen LogP contribution is -2.07. The van der Waals surface area contributed by atoms with Crippen LogP contribution in [0.15, 0.2) is 29.0 Å². The van der Waals surface area contributed by atoms with Crippen LogP contribution >= 0.6 is 0 Å². The summed E-state index contributed by atoms with van der Waals surface area (Å²) in [6, 6.07) is 4.40. The Balaban J connectivity index is 1.66. The number of halogens is 1. The molecular formula is C14H14FN5O2. The summed E-state index contributed by atoms with van der Waals surface area (Å²) in [6.07, 6.45) is 1.94. The van der Waals surface area contributed by atoms with Crippen molar-refractivity contribution in [2.75, 3.05) is 19.0 Å². The van der Waals surface area contributed by atoms with Gasteiger partial charge in [-0.3, -0.25) is 0 Å². The quantitative estimate of drug-likeness (QED) is 0.744. The number of benzene rings is 1. The monoisotopic (exact) mass is 303 g/mol. The molecular weight excluding hydrogens is 289 g/mol. The molecule has 8 heteroatoms. The Morgan fingerprint density at radius 2 is 2.23 bits per heavy atom. The van der Waals surface area contributed by atoms with Gasteiger partial charge in [0.25, 0.3) is 0 Å². The Hall–Kier alpha value is -2.61. The van der Waals surface area contributed by atoms with Gasteiger partial charge in [0.05, 0.1) is 5.52 Å². The first-order valence-electron chi connectivity index (χ1n) is 6.71. The number of rotatable bonds is 6. The highest BCUT2D eigenvalue weighted by Gasteiger charge is 2.07. The van der Waals surface area contributed by atoms with E-state index in [0.29, 0.717) is 42.6 Å². The number of ether oxygens (including phenoxy) is 1. The van der Waals surface area contributed by atoms with Gasteiger partial charge in [-0.15, -0.1) is 0 Å². The molecule has 114 valence electrons. The predicted octanol–water partition coefficient (Wildman–Crippen LogP) is 1.95. The zero-order chi connectivity index (χ0) is 15.4. The van der Waals surface area contributed by atoms with Gasteiger partial charge in [0.1, 0.15) is 24.6 Å². The van der Waals surface area contributed by atoms with E-state index in [4.69, 9.17) is 9.26 Å². The number of hydrogen-bond acceptors (Lipinski definition) is 7. The maximum Gasteiger partial charge on any atom is 0.228 e. The molecule has 3 aromatic rings. The number of methoxy groups -OCH3 is 1. The fraction of sp³-hybridized carbons (Fsp3) is 0.286. The number of hydrogen-bond donors (Lipinski definition) is 1. The zero-order valence-electron chi connectivity index (χ0n) is 11.9. The van der Waals surface area contributed by atoms with Crippen LogP contribution in [0.5, 0.6) is 0 Å². The van der Waals surface area contributed by atoms with Gasteiger partial charge in [-0.25, -0.2) is 14.4 Å². The average Bonchev–Trinajstić information content (AvgIpc) is 2.95. The Kier molecular flexibility index (Phi) is 4.19. The van der Waals surface area contributed by atoms with E-state index in [1.54, 1.807) is 13.2 Å². The van der Waals surface area contributed by atoms with Crippen LogP contribution in [0.2, 0.25) is 0 Å². The number of anilines is 1. The first kappa shape index (κ1) is 14.3. The molecule has 3 rings (SSSR count). The van der Waals surface area contributed by atoms with E-state index in [1.807, 2.05) is 0 Å². The van der Waals surface area contributed by atoms with Crippen LogP contribution in [-0.2, 0) is 17.8 Å². The summed E-state index contributed by atoms with van der Waals surface area (Å²) in [7, 11) is 1.57. The molecule has 0 unspecified atom stereocenters. The van der Waals surface area contributed by atoms with Gasteiger partial charge in [0.15, 0.2) is 5.82 Å².